The Morgan fingerprint density at radius 3 is 2.90 bits per heavy atom. The first-order chi connectivity index (χ1) is 10.2. The number of likely N-dealkylation sites (N-methyl/N-ethyl adjacent to an activating group) is 1. The van der Waals surface area contributed by atoms with E-state index >= 15 is 0 Å². The van der Waals surface area contributed by atoms with Gasteiger partial charge in [-0.25, -0.2) is 0 Å². The van der Waals surface area contributed by atoms with E-state index in [9.17, 15) is 9.59 Å². The molecule has 2 rings (SSSR count). The van der Waals surface area contributed by atoms with Crippen molar-refractivity contribution >= 4 is 11.8 Å². The Hall–Kier alpha value is -2.32. The minimum absolute atomic E-state index is 0.119. The molecule has 1 aliphatic heterocycles. The summed E-state index contributed by atoms with van der Waals surface area (Å²) in [5.41, 5.74) is 6.55. The molecule has 0 radical (unpaired) electrons. The predicted molar refractivity (Wildman–Crippen MR) is 80.5 cm³/mol. The molecule has 1 heterocycles. The summed E-state index contributed by atoms with van der Waals surface area (Å²) < 4.78 is 0. The Labute approximate surface area is 124 Å². The number of nitrogens with one attached hydrogen (secondary N) is 1. The van der Waals surface area contributed by atoms with Gasteiger partial charge in [-0.2, -0.15) is 0 Å². The van der Waals surface area contributed by atoms with Gasteiger partial charge in [-0.05, 0) is 25.0 Å². The maximum absolute atomic E-state index is 12.7. The summed E-state index contributed by atoms with van der Waals surface area (Å²) in [7, 11) is 1.59. The van der Waals surface area contributed by atoms with Crippen LogP contribution in [0.2, 0.25) is 0 Å². The van der Waals surface area contributed by atoms with Crippen LogP contribution in [0.25, 0.3) is 0 Å². The number of hydrogen-bond acceptors (Lipinski definition) is 3. The fraction of sp³-hybridized carbons (Fsp3) is 0.375. The average Bonchev–Trinajstić information content (AvgIpc) is 3.01. The lowest BCUT2D eigenvalue weighted by molar-refractivity contribution is -0.124. The zero-order valence-electron chi connectivity index (χ0n) is 12.1. The number of carbonyl (C=O) groups excluding carboxylic acids is 2. The Kier molecular flexibility index (Phi) is 4.96. The van der Waals surface area contributed by atoms with Crippen LogP contribution in [0.1, 0.15) is 28.8 Å². The maximum Gasteiger partial charge on any atom is 0.255 e. The van der Waals surface area contributed by atoms with Gasteiger partial charge in [0.2, 0.25) is 5.91 Å². The zero-order valence-corrected chi connectivity index (χ0v) is 12.1. The van der Waals surface area contributed by atoms with Crippen molar-refractivity contribution in [1.29, 1.82) is 0 Å². The molecule has 1 saturated heterocycles. The van der Waals surface area contributed by atoms with E-state index in [1.165, 1.54) is 0 Å². The predicted octanol–water partition coefficient (Wildman–Crippen LogP) is 0.347. The molecule has 3 N–H and O–H groups in total. The molecule has 1 fully saturated rings. The molecule has 5 nitrogen and oxygen atoms in total. The SMILES string of the molecule is CNC(=O)C1CCCN1C(=O)c1ccccc1C#CCN. The highest BCUT2D eigenvalue weighted by molar-refractivity contribution is 5.99. The Balaban J connectivity index is 2.30. The number of rotatable bonds is 2. The van der Waals surface area contributed by atoms with Gasteiger partial charge < -0.3 is 16.0 Å². The molecule has 21 heavy (non-hydrogen) atoms. The first kappa shape index (κ1) is 15.1. The van der Waals surface area contributed by atoms with Crippen LogP contribution in [0.3, 0.4) is 0 Å². The minimum Gasteiger partial charge on any atom is -0.357 e. The molecule has 1 atom stereocenters. The van der Waals surface area contributed by atoms with Crippen LogP contribution in [0.5, 0.6) is 0 Å². The molecule has 0 spiro atoms. The Morgan fingerprint density at radius 1 is 1.43 bits per heavy atom. The third-order valence-corrected chi connectivity index (χ3v) is 3.55. The number of hydrogen-bond donors (Lipinski definition) is 2. The molecule has 1 aromatic rings. The van der Waals surface area contributed by atoms with Crippen LogP contribution in [-0.2, 0) is 4.79 Å². The minimum atomic E-state index is -0.391. The van der Waals surface area contributed by atoms with E-state index in [4.69, 9.17) is 5.73 Å². The van der Waals surface area contributed by atoms with Crippen molar-refractivity contribution < 1.29 is 9.59 Å². The van der Waals surface area contributed by atoms with Gasteiger partial charge in [-0.3, -0.25) is 9.59 Å². The largest absolute Gasteiger partial charge is 0.357 e. The van der Waals surface area contributed by atoms with Gasteiger partial charge in [0, 0.05) is 19.2 Å². The van der Waals surface area contributed by atoms with Crippen LogP contribution >= 0.6 is 0 Å². The third-order valence-electron chi connectivity index (χ3n) is 3.55. The van der Waals surface area contributed by atoms with Gasteiger partial charge in [0.15, 0.2) is 0 Å². The van der Waals surface area contributed by atoms with E-state index in [1.54, 1.807) is 30.1 Å². The van der Waals surface area contributed by atoms with Crippen molar-refractivity contribution in [3.63, 3.8) is 0 Å². The highest BCUT2D eigenvalue weighted by Crippen LogP contribution is 2.21. The van der Waals surface area contributed by atoms with E-state index in [-0.39, 0.29) is 18.4 Å². The van der Waals surface area contributed by atoms with Gasteiger partial charge in [0.25, 0.3) is 5.91 Å². The molecule has 110 valence electrons. The molecule has 1 aliphatic rings. The summed E-state index contributed by atoms with van der Waals surface area (Å²) in [6.07, 6.45) is 1.53. The van der Waals surface area contributed by atoms with Crippen molar-refractivity contribution in [3.05, 3.63) is 35.4 Å². The zero-order chi connectivity index (χ0) is 15.2. The number of amides is 2. The highest BCUT2D eigenvalue weighted by atomic mass is 16.2. The molecule has 1 aromatic carbocycles. The smallest absolute Gasteiger partial charge is 0.255 e. The number of nitrogens with zero attached hydrogens (tertiary/aromatic N) is 1. The Bertz CT molecular complexity index is 601. The lowest BCUT2D eigenvalue weighted by atomic mass is 10.1. The van der Waals surface area contributed by atoms with E-state index in [1.807, 2.05) is 6.07 Å². The van der Waals surface area contributed by atoms with Gasteiger partial charge in [0.05, 0.1) is 12.1 Å². The molecular weight excluding hydrogens is 266 g/mol. The van der Waals surface area contributed by atoms with Crippen molar-refractivity contribution in [2.75, 3.05) is 20.1 Å². The first-order valence-electron chi connectivity index (χ1n) is 6.99. The molecule has 0 aliphatic carbocycles. The fourth-order valence-electron chi connectivity index (χ4n) is 2.53. The van der Waals surface area contributed by atoms with Crippen molar-refractivity contribution in [2.45, 2.75) is 18.9 Å². The van der Waals surface area contributed by atoms with Gasteiger partial charge in [-0.15, -0.1) is 0 Å². The number of benzene rings is 1. The summed E-state index contributed by atoms with van der Waals surface area (Å²) in [5.74, 6) is 5.41. The van der Waals surface area contributed by atoms with E-state index in [0.29, 0.717) is 24.1 Å². The standard InChI is InChI=1S/C16H19N3O2/c1-18-15(20)14-9-5-11-19(14)16(21)13-8-3-2-6-12(13)7-4-10-17/h2-3,6,8,14H,5,9-11,17H2,1H3,(H,18,20). The van der Waals surface area contributed by atoms with Crippen LogP contribution in [-0.4, -0.2) is 42.9 Å². The number of likely N-dealkylation sites (tertiary alicyclic amines) is 1. The van der Waals surface area contributed by atoms with Crippen molar-refractivity contribution in [1.82, 2.24) is 10.2 Å². The monoisotopic (exact) mass is 285 g/mol. The summed E-state index contributed by atoms with van der Waals surface area (Å²) in [6.45, 7) is 0.836. The second kappa shape index (κ2) is 6.91. The fourth-order valence-corrected chi connectivity index (χ4v) is 2.53. The molecule has 1 unspecified atom stereocenters. The highest BCUT2D eigenvalue weighted by Gasteiger charge is 2.34. The van der Waals surface area contributed by atoms with E-state index < -0.39 is 6.04 Å². The second-order valence-corrected chi connectivity index (χ2v) is 4.82. The number of carbonyl (C=O) groups is 2. The first-order valence-corrected chi connectivity index (χ1v) is 6.99. The molecule has 0 bridgehead atoms. The molecular formula is C16H19N3O2. The summed E-state index contributed by atoms with van der Waals surface area (Å²) in [6, 6.07) is 6.77. The van der Waals surface area contributed by atoms with E-state index in [0.717, 1.165) is 6.42 Å². The van der Waals surface area contributed by atoms with E-state index in [2.05, 4.69) is 17.2 Å². The number of nitrogens with two attached hydrogens (primary N) is 1. The van der Waals surface area contributed by atoms with Crippen LogP contribution in [0.4, 0.5) is 0 Å². The molecule has 0 aromatic heterocycles. The van der Waals surface area contributed by atoms with Crippen LogP contribution < -0.4 is 11.1 Å². The summed E-state index contributed by atoms with van der Waals surface area (Å²) in [4.78, 5) is 26.2. The van der Waals surface area contributed by atoms with Gasteiger partial charge in [-0.1, -0.05) is 24.0 Å². The van der Waals surface area contributed by atoms with Crippen LogP contribution in [0, 0.1) is 11.8 Å². The lowest BCUT2D eigenvalue weighted by Gasteiger charge is -2.23. The quantitative estimate of drug-likeness (QED) is 0.770. The summed E-state index contributed by atoms with van der Waals surface area (Å²) >= 11 is 0. The third kappa shape index (κ3) is 3.23. The molecule has 5 heteroatoms. The van der Waals surface area contributed by atoms with Gasteiger partial charge >= 0.3 is 0 Å². The molecule has 2 amide bonds. The average molecular weight is 285 g/mol. The maximum atomic E-state index is 12.7. The second-order valence-electron chi connectivity index (χ2n) is 4.82. The van der Waals surface area contributed by atoms with Crippen LogP contribution in [0.15, 0.2) is 24.3 Å². The Morgan fingerprint density at radius 2 is 2.19 bits per heavy atom. The summed E-state index contributed by atoms with van der Waals surface area (Å²) in [5, 5.41) is 2.61. The lowest BCUT2D eigenvalue weighted by Crippen LogP contribution is -2.45. The van der Waals surface area contributed by atoms with Gasteiger partial charge in [0.1, 0.15) is 6.04 Å². The van der Waals surface area contributed by atoms with Crippen molar-refractivity contribution in [3.8, 4) is 11.8 Å². The normalized spacial score (nSPS) is 17.0. The van der Waals surface area contributed by atoms with Crippen molar-refractivity contribution in [2.24, 2.45) is 5.73 Å². The molecule has 0 saturated carbocycles. The topological polar surface area (TPSA) is 75.4 Å².